The number of nitrogens with one attached hydrogen (secondary N) is 3. The Kier molecular flexibility index (Phi) is 17.8. The van der Waals surface area contributed by atoms with Crippen LogP contribution in [-0.2, 0) is 19.2 Å². The molecule has 0 aliphatic rings. The number of thioether (sulfide) groups is 2. The Hall–Kier alpha value is -2.19. The summed E-state index contributed by atoms with van der Waals surface area (Å²) < 4.78 is 0. The number of guanidine groups is 1. The molecule has 4 atom stereocenters. The van der Waals surface area contributed by atoms with Gasteiger partial charge in [-0.25, -0.2) is 4.79 Å². The molecular formula is C22H43N7O5S2. The highest BCUT2D eigenvalue weighted by Gasteiger charge is 2.30. The number of nitrogens with two attached hydrogens (primary N) is 3. The summed E-state index contributed by atoms with van der Waals surface area (Å²) in [5.41, 5.74) is 16.5. The molecule has 0 heterocycles. The molecule has 0 bridgehead atoms. The zero-order valence-electron chi connectivity index (χ0n) is 21.6. The summed E-state index contributed by atoms with van der Waals surface area (Å²) in [5, 5.41) is 17.4. The van der Waals surface area contributed by atoms with Crippen molar-refractivity contribution in [3.63, 3.8) is 0 Å². The van der Waals surface area contributed by atoms with E-state index in [1.54, 1.807) is 0 Å². The normalized spacial score (nSPS) is 14.3. The SMILES string of the molecule is CSCCC(NC(=O)C(N)CC(C)C)C(=O)NC(CCSC)C(=O)NC(CCCN=C(N)N)C(=O)O. The van der Waals surface area contributed by atoms with Gasteiger partial charge in [-0.05, 0) is 62.0 Å². The van der Waals surface area contributed by atoms with E-state index in [0.717, 1.165) is 0 Å². The van der Waals surface area contributed by atoms with Crippen molar-refractivity contribution in [2.24, 2.45) is 28.1 Å². The van der Waals surface area contributed by atoms with Crippen molar-refractivity contribution in [3.8, 4) is 0 Å². The first-order valence-electron chi connectivity index (χ1n) is 11.9. The number of carbonyl (C=O) groups excluding carboxylic acids is 3. The van der Waals surface area contributed by atoms with E-state index >= 15 is 0 Å². The van der Waals surface area contributed by atoms with E-state index in [1.165, 1.54) is 23.5 Å². The van der Waals surface area contributed by atoms with Crippen LogP contribution in [0.15, 0.2) is 4.99 Å². The Morgan fingerprint density at radius 2 is 1.31 bits per heavy atom. The van der Waals surface area contributed by atoms with Gasteiger partial charge < -0.3 is 38.3 Å². The lowest BCUT2D eigenvalue weighted by atomic mass is 10.0. The summed E-state index contributed by atoms with van der Waals surface area (Å²) in [7, 11) is 0. The van der Waals surface area contributed by atoms with Gasteiger partial charge in [0.25, 0.3) is 0 Å². The topological polar surface area (TPSA) is 215 Å². The molecule has 3 amide bonds. The van der Waals surface area contributed by atoms with Gasteiger partial charge in [-0.15, -0.1) is 0 Å². The molecule has 208 valence electrons. The first-order valence-corrected chi connectivity index (χ1v) is 14.6. The predicted molar refractivity (Wildman–Crippen MR) is 147 cm³/mol. The van der Waals surface area contributed by atoms with Crippen LogP contribution in [0.2, 0.25) is 0 Å². The van der Waals surface area contributed by atoms with Crippen molar-refractivity contribution >= 4 is 53.2 Å². The number of aliphatic imine (C=N–C) groups is 1. The zero-order valence-corrected chi connectivity index (χ0v) is 23.3. The third kappa shape index (κ3) is 15.0. The molecule has 0 aromatic carbocycles. The maximum atomic E-state index is 13.1. The van der Waals surface area contributed by atoms with Crippen molar-refractivity contribution in [2.45, 2.75) is 70.1 Å². The number of rotatable bonds is 19. The van der Waals surface area contributed by atoms with Crippen LogP contribution in [0, 0.1) is 5.92 Å². The Morgan fingerprint density at radius 1 is 0.833 bits per heavy atom. The molecule has 0 aliphatic carbocycles. The lowest BCUT2D eigenvalue weighted by molar-refractivity contribution is -0.142. The van der Waals surface area contributed by atoms with Crippen LogP contribution in [0.3, 0.4) is 0 Å². The minimum Gasteiger partial charge on any atom is -0.480 e. The molecule has 0 radical (unpaired) electrons. The Morgan fingerprint density at radius 3 is 1.72 bits per heavy atom. The lowest BCUT2D eigenvalue weighted by Crippen LogP contribution is -2.57. The fourth-order valence-corrected chi connectivity index (χ4v) is 4.15. The van der Waals surface area contributed by atoms with E-state index in [1.807, 2.05) is 26.4 Å². The van der Waals surface area contributed by atoms with Gasteiger partial charge in [0.2, 0.25) is 17.7 Å². The van der Waals surface area contributed by atoms with Gasteiger partial charge in [0.1, 0.15) is 18.1 Å². The number of carboxylic acids is 1. The minimum atomic E-state index is -1.20. The molecule has 0 aromatic heterocycles. The number of carboxylic acid groups (broad SMARTS) is 1. The van der Waals surface area contributed by atoms with Gasteiger partial charge in [-0.3, -0.25) is 19.4 Å². The fourth-order valence-electron chi connectivity index (χ4n) is 3.21. The molecule has 0 aliphatic heterocycles. The summed E-state index contributed by atoms with van der Waals surface area (Å²) in [6, 6.07) is -3.76. The second-order valence-corrected chi connectivity index (χ2v) is 10.7. The quantitative estimate of drug-likeness (QED) is 0.0620. The van der Waals surface area contributed by atoms with Crippen LogP contribution < -0.4 is 33.2 Å². The highest BCUT2D eigenvalue weighted by molar-refractivity contribution is 7.98. The van der Waals surface area contributed by atoms with Crippen LogP contribution in [0.5, 0.6) is 0 Å². The van der Waals surface area contributed by atoms with E-state index < -0.39 is 47.9 Å². The molecule has 0 saturated carbocycles. The maximum Gasteiger partial charge on any atom is 0.326 e. The largest absolute Gasteiger partial charge is 0.480 e. The molecule has 36 heavy (non-hydrogen) atoms. The second-order valence-electron chi connectivity index (χ2n) is 8.77. The van der Waals surface area contributed by atoms with E-state index in [0.29, 0.717) is 30.8 Å². The molecule has 10 N–H and O–H groups in total. The standard InChI is InChI=1S/C22H43N7O5S2/c1-13(2)12-14(23)18(30)27-15(7-10-35-3)19(31)28-16(8-11-36-4)20(32)29-17(21(33)34)6-5-9-26-22(24)25/h13-17H,5-12,23H2,1-4H3,(H,27,30)(H,28,31)(H,29,32)(H,33,34)(H4,24,25,26). The van der Waals surface area contributed by atoms with Crippen LogP contribution in [0.1, 0.15) is 46.0 Å². The van der Waals surface area contributed by atoms with Crippen LogP contribution in [0.25, 0.3) is 0 Å². The van der Waals surface area contributed by atoms with Crippen molar-refractivity contribution in [1.82, 2.24) is 16.0 Å². The summed E-state index contributed by atoms with van der Waals surface area (Å²) >= 11 is 3.01. The molecule has 14 heteroatoms. The van der Waals surface area contributed by atoms with Crippen LogP contribution >= 0.6 is 23.5 Å². The maximum absolute atomic E-state index is 13.1. The zero-order chi connectivity index (χ0) is 27.7. The molecule has 0 fully saturated rings. The number of amides is 3. The molecule has 0 spiro atoms. The van der Waals surface area contributed by atoms with Crippen molar-refractivity contribution in [3.05, 3.63) is 0 Å². The minimum absolute atomic E-state index is 0.0981. The van der Waals surface area contributed by atoms with E-state index in [2.05, 4.69) is 20.9 Å². The Bertz CT molecular complexity index is 736. The Labute approximate surface area is 222 Å². The lowest BCUT2D eigenvalue weighted by Gasteiger charge is -2.25. The fraction of sp³-hybridized carbons (Fsp3) is 0.773. The average Bonchev–Trinajstić information content (AvgIpc) is 2.79. The monoisotopic (exact) mass is 549 g/mol. The van der Waals surface area contributed by atoms with Gasteiger partial charge in [-0.1, -0.05) is 13.8 Å². The summed E-state index contributed by atoms with van der Waals surface area (Å²) in [4.78, 5) is 54.0. The van der Waals surface area contributed by atoms with Crippen LogP contribution in [-0.4, -0.2) is 89.5 Å². The van der Waals surface area contributed by atoms with Gasteiger partial charge >= 0.3 is 5.97 Å². The number of aliphatic carboxylic acids is 1. The smallest absolute Gasteiger partial charge is 0.326 e. The number of nitrogens with zero attached hydrogens (tertiary/aromatic N) is 1. The van der Waals surface area contributed by atoms with Crippen molar-refractivity contribution in [2.75, 3.05) is 30.6 Å². The molecule has 0 rings (SSSR count). The molecular weight excluding hydrogens is 506 g/mol. The van der Waals surface area contributed by atoms with E-state index in [-0.39, 0.29) is 31.3 Å². The highest BCUT2D eigenvalue weighted by atomic mass is 32.2. The summed E-state index contributed by atoms with van der Waals surface area (Å²) in [5.74, 6) is -1.48. The van der Waals surface area contributed by atoms with Gasteiger partial charge in [0.15, 0.2) is 5.96 Å². The number of hydrogen-bond donors (Lipinski definition) is 7. The summed E-state index contributed by atoms with van der Waals surface area (Å²) in [6.07, 6.45) is 5.31. The predicted octanol–water partition coefficient (Wildman–Crippen LogP) is -0.541. The third-order valence-electron chi connectivity index (χ3n) is 5.11. The highest BCUT2D eigenvalue weighted by Crippen LogP contribution is 2.08. The van der Waals surface area contributed by atoms with Gasteiger partial charge in [0.05, 0.1) is 6.04 Å². The third-order valence-corrected chi connectivity index (χ3v) is 6.40. The van der Waals surface area contributed by atoms with Gasteiger partial charge in [-0.2, -0.15) is 23.5 Å². The first kappa shape index (κ1) is 33.8. The van der Waals surface area contributed by atoms with E-state index in [9.17, 15) is 24.3 Å². The first-order chi connectivity index (χ1) is 16.9. The molecule has 0 aromatic rings. The van der Waals surface area contributed by atoms with E-state index in [4.69, 9.17) is 17.2 Å². The van der Waals surface area contributed by atoms with Gasteiger partial charge in [0, 0.05) is 6.54 Å². The molecule has 0 saturated heterocycles. The molecule has 12 nitrogen and oxygen atoms in total. The number of carbonyl (C=O) groups is 4. The Balaban J connectivity index is 5.38. The second kappa shape index (κ2) is 19.0. The average molecular weight is 550 g/mol. The number of hydrogen-bond acceptors (Lipinski definition) is 8. The van der Waals surface area contributed by atoms with Crippen molar-refractivity contribution in [1.29, 1.82) is 0 Å². The molecule has 4 unspecified atom stereocenters. The summed E-state index contributed by atoms with van der Waals surface area (Å²) in [6.45, 7) is 4.13. The van der Waals surface area contributed by atoms with Crippen molar-refractivity contribution < 1.29 is 24.3 Å². The van der Waals surface area contributed by atoms with Crippen LogP contribution in [0.4, 0.5) is 0 Å².